The van der Waals surface area contributed by atoms with Gasteiger partial charge in [0.25, 0.3) is 0 Å². The van der Waals surface area contributed by atoms with E-state index in [4.69, 9.17) is 19.3 Å². The first-order valence-corrected chi connectivity index (χ1v) is 11.9. The average Bonchev–Trinajstić information content (AvgIpc) is 2.90. The van der Waals surface area contributed by atoms with Crippen LogP contribution in [0.25, 0.3) is 0 Å². The first kappa shape index (κ1) is 25.7. The van der Waals surface area contributed by atoms with Crippen LogP contribution in [0.15, 0.2) is 35.5 Å². The number of hydrogen-bond acceptors (Lipinski definition) is 7. The molecule has 0 radical (unpaired) electrons. The molecule has 2 bridgehead atoms. The molecule has 0 spiro atoms. The molecule has 1 aliphatic heterocycles. The Balaban J connectivity index is 1.98. The molecule has 0 aromatic rings. The maximum absolute atomic E-state index is 13.6. The van der Waals surface area contributed by atoms with E-state index in [1.807, 2.05) is 6.92 Å². The largest absolute Gasteiger partial charge is 0.478 e. The lowest BCUT2D eigenvalue weighted by Crippen LogP contribution is -2.65. The van der Waals surface area contributed by atoms with Crippen molar-refractivity contribution in [2.75, 3.05) is 6.61 Å². The molecule has 2 aliphatic carbocycles. The standard InChI is InChI=1S/C26H34O8/c1-5-6-16-32-22(30)19-9-13-25-14-11-20(26(25,15-10-19)33-18(3)27)24(4,34-23(25)31)12-7-8-17(2)21(28)29/h7-9,12,20H,5-6,10-11,13-16H2,1-4H3,(H,28,29)/b12-7+,17-8+/t20-,24+,25+,26-/m0/s1. The maximum atomic E-state index is 13.6. The van der Waals surface area contributed by atoms with Crippen molar-refractivity contribution in [3.63, 3.8) is 0 Å². The van der Waals surface area contributed by atoms with Crippen LogP contribution in [0.3, 0.4) is 0 Å². The van der Waals surface area contributed by atoms with Crippen LogP contribution in [-0.4, -0.2) is 46.8 Å². The van der Waals surface area contributed by atoms with Crippen molar-refractivity contribution in [1.29, 1.82) is 0 Å². The fourth-order valence-electron chi connectivity index (χ4n) is 5.72. The van der Waals surface area contributed by atoms with Gasteiger partial charge >= 0.3 is 23.9 Å². The molecule has 1 N–H and O–H groups in total. The molecule has 3 aliphatic rings. The summed E-state index contributed by atoms with van der Waals surface area (Å²) < 4.78 is 17.4. The van der Waals surface area contributed by atoms with E-state index >= 15 is 0 Å². The van der Waals surface area contributed by atoms with Crippen LogP contribution < -0.4 is 0 Å². The van der Waals surface area contributed by atoms with E-state index < -0.39 is 40.5 Å². The number of aliphatic carboxylic acids is 1. The van der Waals surface area contributed by atoms with Crippen molar-refractivity contribution in [2.45, 2.75) is 83.8 Å². The third kappa shape index (κ3) is 4.42. The molecular formula is C26H34O8. The van der Waals surface area contributed by atoms with Crippen molar-refractivity contribution in [3.8, 4) is 0 Å². The molecule has 186 valence electrons. The summed E-state index contributed by atoms with van der Waals surface area (Å²) in [6.07, 6.45) is 10.0. The Morgan fingerprint density at radius 1 is 1.26 bits per heavy atom. The van der Waals surface area contributed by atoms with E-state index in [0.717, 1.165) is 12.8 Å². The molecule has 1 saturated carbocycles. The Morgan fingerprint density at radius 3 is 2.65 bits per heavy atom. The Bertz CT molecular complexity index is 960. The molecule has 4 atom stereocenters. The second-order valence-electron chi connectivity index (χ2n) is 9.67. The van der Waals surface area contributed by atoms with Gasteiger partial charge in [-0.2, -0.15) is 0 Å². The second kappa shape index (κ2) is 9.76. The van der Waals surface area contributed by atoms with Crippen molar-refractivity contribution in [3.05, 3.63) is 35.5 Å². The summed E-state index contributed by atoms with van der Waals surface area (Å²) in [6, 6.07) is 0. The number of hydrogen-bond donors (Lipinski definition) is 1. The number of carbonyl (C=O) groups excluding carboxylic acids is 3. The molecule has 0 aromatic carbocycles. The topological polar surface area (TPSA) is 116 Å². The summed E-state index contributed by atoms with van der Waals surface area (Å²) >= 11 is 0. The first-order valence-electron chi connectivity index (χ1n) is 11.9. The van der Waals surface area contributed by atoms with Crippen LogP contribution in [0.2, 0.25) is 0 Å². The predicted octanol–water partition coefficient (Wildman–Crippen LogP) is 4.04. The van der Waals surface area contributed by atoms with E-state index in [-0.39, 0.29) is 17.9 Å². The summed E-state index contributed by atoms with van der Waals surface area (Å²) in [6.45, 7) is 6.91. The van der Waals surface area contributed by atoms with Gasteiger partial charge in [-0.05, 0) is 58.4 Å². The van der Waals surface area contributed by atoms with Crippen molar-refractivity contribution >= 4 is 23.9 Å². The predicted molar refractivity (Wildman–Crippen MR) is 122 cm³/mol. The normalized spacial score (nSPS) is 32.9. The molecule has 0 aromatic heterocycles. The lowest BCUT2D eigenvalue weighted by atomic mass is 9.62. The molecule has 0 unspecified atom stereocenters. The third-order valence-electron chi connectivity index (χ3n) is 7.52. The van der Waals surface area contributed by atoms with E-state index in [1.165, 1.54) is 19.9 Å². The minimum Gasteiger partial charge on any atom is -0.478 e. The minimum atomic E-state index is -1.14. The second-order valence-corrected chi connectivity index (χ2v) is 9.67. The Labute approximate surface area is 200 Å². The molecule has 1 saturated heterocycles. The van der Waals surface area contributed by atoms with Gasteiger partial charge in [0.1, 0.15) is 16.6 Å². The summed E-state index contributed by atoms with van der Waals surface area (Å²) in [5, 5.41) is 9.10. The van der Waals surface area contributed by atoms with E-state index in [9.17, 15) is 19.2 Å². The lowest BCUT2D eigenvalue weighted by molar-refractivity contribution is -0.235. The number of carbonyl (C=O) groups is 4. The number of carboxylic acids is 1. The Kier molecular flexibility index (Phi) is 7.38. The van der Waals surface area contributed by atoms with Gasteiger partial charge in [0.15, 0.2) is 0 Å². The molecule has 3 rings (SSSR count). The van der Waals surface area contributed by atoms with Crippen LogP contribution >= 0.6 is 0 Å². The summed E-state index contributed by atoms with van der Waals surface area (Å²) in [4.78, 5) is 49.6. The SMILES string of the molecule is CCCCOC(=O)C1=CC[C@@]23CC[C@@H]([C@@](C)(/C=C/C=C(\C)C(=O)O)OC2=O)[C@@]3(OC(C)=O)CC1. The van der Waals surface area contributed by atoms with Gasteiger partial charge in [0.2, 0.25) is 0 Å². The van der Waals surface area contributed by atoms with Crippen LogP contribution in [0.5, 0.6) is 0 Å². The maximum Gasteiger partial charge on any atom is 0.333 e. The molecule has 8 heteroatoms. The third-order valence-corrected chi connectivity index (χ3v) is 7.52. The summed E-state index contributed by atoms with van der Waals surface area (Å²) in [5.41, 5.74) is -2.69. The number of allylic oxidation sites excluding steroid dienone is 3. The van der Waals surface area contributed by atoms with Crippen molar-refractivity contribution in [2.24, 2.45) is 11.3 Å². The zero-order valence-electron chi connectivity index (χ0n) is 20.3. The molecule has 8 nitrogen and oxygen atoms in total. The monoisotopic (exact) mass is 474 g/mol. The molecule has 34 heavy (non-hydrogen) atoms. The highest BCUT2D eigenvalue weighted by Crippen LogP contribution is 2.65. The number of unbranched alkanes of at least 4 members (excludes halogenated alkanes) is 1. The van der Waals surface area contributed by atoms with Gasteiger partial charge in [-0.15, -0.1) is 0 Å². The lowest BCUT2D eigenvalue weighted by Gasteiger charge is -2.54. The zero-order chi connectivity index (χ0) is 25.1. The number of cyclic esters (lactones) is 1. The smallest absolute Gasteiger partial charge is 0.333 e. The van der Waals surface area contributed by atoms with Crippen LogP contribution in [-0.2, 0) is 33.4 Å². The average molecular weight is 475 g/mol. The fraction of sp³-hybridized carbons (Fsp3) is 0.615. The summed E-state index contributed by atoms with van der Waals surface area (Å²) in [5.74, 6) is -2.75. The van der Waals surface area contributed by atoms with E-state index in [0.29, 0.717) is 37.9 Å². The van der Waals surface area contributed by atoms with Crippen molar-refractivity contribution < 1.29 is 38.5 Å². The Morgan fingerprint density at radius 2 is 2.00 bits per heavy atom. The minimum absolute atomic E-state index is 0.141. The highest BCUT2D eigenvalue weighted by Gasteiger charge is 2.74. The van der Waals surface area contributed by atoms with Crippen LogP contribution in [0, 0.1) is 11.3 Å². The number of carboxylic acid groups (broad SMARTS) is 1. The zero-order valence-corrected chi connectivity index (χ0v) is 20.3. The first-order chi connectivity index (χ1) is 16.0. The van der Waals surface area contributed by atoms with Crippen LogP contribution in [0.1, 0.15) is 72.6 Å². The molecule has 0 amide bonds. The van der Waals surface area contributed by atoms with Gasteiger partial charge in [-0.25, -0.2) is 9.59 Å². The number of rotatable bonds is 8. The fourth-order valence-corrected chi connectivity index (χ4v) is 5.72. The molecule has 1 heterocycles. The van der Waals surface area contributed by atoms with Crippen molar-refractivity contribution in [1.82, 2.24) is 0 Å². The van der Waals surface area contributed by atoms with Gasteiger partial charge in [0.05, 0.1) is 6.61 Å². The van der Waals surface area contributed by atoms with Gasteiger partial charge in [-0.1, -0.05) is 31.6 Å². The van der Waals surface area contributed by atoms with Gasteiger partial charge < -0.3 is 19.3 Å². The van der Waals surface area contributed by atoms with Gasteiger partial charge in [0, 0.05) is 24.0 Å². The van der Waals surface area contributed by atoms with E-state index in [1.54, 1.807) is 25.2 Å². The van der Waals surface area contributed by atoms with Crippen LogP contribution in [0.4, 0.5) is 0 Å². The van der Waals surface area contributed by atoms with E-state index in [2.05, 4.69) is 0 Å². The van der Waals surface area contributed by atoms with Gasteiger partial charge in [-0.3, -0.25) is 9.59 Å². The summed E-state index contributed by atoms with van der Waals surface area (Å²) in [7, 11) is 0. The highest BCUT2D eigenvalue weighted by molar-refractivity contribution is 5.90. The quantitative estimate of drug-likeness (QED) is 0.184. The molecular weight excluding hydrogens is 440 g/mol. The number of ether oxygens (including phenoxy) is 3. The highest BCUT2D eigenvalue weighted by atomic mass is 16.6. The number of esters is 3. The molecule has 2 fully saturated rings. The Hall–Kier alpha value is -2.90.